The van der Waals surface area contributed by atoms with Gasteiger partial charge in [-0.2, -0.15) is 5.10 Å². The van der Waals surface area contributed by atoms with E-state index >= 15 is 0 Å². The summed E-state index contributed by atoms with van der Waals surface area (Å²) < 4.78 is 29.9. The molecule has 0 atom stereocenters. The number of aryl methyl sites for hydroxylation is 1. The highest BCUT2D eigenvalue weighted by molar-refractivity contribution is 9.10. The number of hydrogen-bond donors (Lipinski definition) is 1. The molecule has 0 unspecified atom stereocenters. The van der Waals surface area contributed by atoms with E-state index < -0.39 is 15.9 Å². The molecule has 0 aliphatic heterocycles. The molecule has 10 heteroatoms. The van der Waals surface area contributed by atoms with Gasteiger partial charge in [-0.15, -0.1) is 0 Å². The van der Waals surface area contributed by atoms with E-state index in [0.29, 0.717) is 22.3 Å². The third kappa shape index (κ3) is 4.55. The van der Waals surface area contributed by atoms with Gasteiger partial charge in [0.2, 0.25) is 10.0 Å². The van der Waals surface area contributed by atoms with Crippen molar-refractivity contribution < 1.29 is 13.2 Å². The number of primary amides is 1. The summed E-state index contributed by atoms with van der Waals surface area (Å²) in [6.07, 6.45) is 6.50. The molecule has 1 aliphatic rings. The minimum absolute atomic E-state index is 0.175. The van der Waals surface area contributed by atoms with Crippen LogP contribution in [0.4, 0.5) is 5.69 Å². The number of nitrogens with two attached hydrogens (primary N) is 1. The molecule has 35 heavy (non-hydrogen) atoms. The van der Waals surface area contributed by atoms with Crippen LogP contribution in [0, 0.1) is 6.92 Å². The van der Waals surface area contributed by atoms with E-state index in [2.05, 4.69) is 26.0 Å². The number of pyridine rings is 1. The molecule has 0 radical (unpaired) electrons. The molecule has 2 aromatic carbocycles. The summed E-state index contributed by atoms with van der Waals surface area (Å²) in [5.41, 5.74) is 10.5. The first-order valence-corrected chi connectivity index (χ1v) is 13.8. The van der Waals surface area contributed by atoms with Crippen LogP contribution in [0.2, 0.25) is 0 Å². The fourth-order valence-electron chi connectivity index (χ4n) is 4.30. The van der Waals surface area contributed by atoms with Gasteiger partial charge in [-0.3, -0.25) is 14.1 Å². The number of amides is 1. The van der Waals surface area contributed by atoms with Crippen LogP contribution in [0.25, 0.3) is 16.6 Å². The highest BCUT2D eigenvalue weighted by Gasteiger charge is 2.32. The second-order valence-electron chi connectivity index (χ2n) is 8.88. The molecule has 1 saturated carbocycles. The van der Waals surface area contributed by atoms with Crippen LogP contribution in [0.1, 0.15) is 45.9 Å². The van der Waals surface area contributed by atoms with E-state index in [0.717, 1.165) is 34.0 Å². The molecule has 0 saturated heterocycles. The maximum absolute atomic E-state index is 13.0. The molecule has 1 aliphatic carbocycles. The lowest BCUT2D eigenvalue weighted by Crippen LogP contribution is -2.30. The number of anilines is 1. The van der Waals surface area contributed by atoms with E-state index in [-0.39, 0.29) is 18.2 Å². The molecule has 2 heterocycles. The van der Waals surface area contributed by atoms with Gasteiger partial charge in [0.1, 0.15) is 5.69 Å². The van der Waals surface area contributed by atoms with Gasteiger partial charge in [0, 0.05) is 22.3 Å². The second-order valence-corrected chi connectivity index (χ2v) is 11.7. The first-order valence-electron chi connectivity index (χ1n) is 11.1. The van der Waals surface area contributed by atoms with Crippen molar-refractivity contribution in [2.24, 2.45) is 5.73 Å². The Balaban J connectivity index is 1.73. The predicted octanol–water partition coefficient (Wildman–Crippen LogP) is 4.43. The minimum Gasteiger partial charge on any atom is -0.364 e. The van der Waals surface area contributed by atoms with E-state index in [1.54, 1.807) is 18.5 Å². The summed E-state index contributed by atoms with van der Waals surface area (Å²) in [5, 5.41) is 5.28. The smallest absolute Gasteiger partial charge is 0.268 e. The maximum atomic E-state index is 13.0. The fourth-order valence-corrected chi connectivity index (χ4v) is 5.45. The third-order valence-electron chi connectivity index (χ3n) is 6.26. The lowest BCUT2D eigenvalue weighted by Gasteiger charge is -2.26. The maximum Gasteiger partial charge on any atom is 0.268 e. The summed E-state index contributed by atoms with van der Waals surface area (Å²) in [7, 11) is -3.62. The normalized spacial score (nSPS) is 13.8. The lowest BCUT2D eigenvalue weighted by atomic mass is 10.0. The minimum atomic E-state index is -3.62. The summed E-state index contributed by atoms with van der Waals surface area (Å²) in [6.45, 7) is 2.08. The quantitative estimate of drug-likeness (QED) is 0.363. The van der Waals surface area contributed by atoms with Crippen molar-refractivity contribution >= 4 is 48.5 Å². The van der Waals surface area contributed by atoms with Gasteiger partial charge in [0.05, 0.1) is 29.7 Å². The molecule has 0 spiro atoms. The Labute approximate surface area is 211 Å². The van der Waals surface area contributed by atoms with Gasteiger partial charge < -0.3 is 5.73 Å². The zero-order valence-corrected chi connectivity index (χ0v) is 21.7. The Morgan fingerprint density at radius 1 is 1.20 bits per heavy atom. The van der Waals surface area contributed by atoms with Gasteiger partial charge >= 0.3 is 0 Å². The van der Waals surface area contributed by atoms with Crippen LogP contribution >= 0.6 is 15.9 Å². The number of rotatable bonds is 7. The molecular formula is C25H24BrN5O3S. The van der Waals surface area contributed by atoms with Crippen molar-refractivity contribution in [3.63, 3.8) is 0 Å². The number of carbonyl (C=O) groups is 1. The van der Waals surface area contributed by atoms with Gasteiger partial charge in [-0.1, -0.05) is 15.9 Å². The number of benzene rings is 2. The molecule has 1 amide bonds. The zero-order valence-electron chi connectivity index (χ0n) is 19.3. The molecule has 8 nitrogen and oxygen atoms in total. The topological polar surface area (TPSA) is 111 Å². The number of carbonyl (C=O) groups excluding carboxylic acids is 1. The molecule has 4 aromatic rings. The van der Waals surface area contributed by atoms with E-state index in [1.165, 1.54) is 15.2 Å². The predicted molar refractivity (Wildman–Crippen MR) is 139 cm³/mol. The Bertz CT molecular complexity index is 1560. The van der Waals surface area contributed by atoms with Gasteiger partial charge in [0.15, 0.2) is 0 Å². The van der Waals surface area contributed by atoms with Crippen molar-refractivity contribution in [1.29, 1.82) is 0 Å². The van der Waals surface area contributed by atoms with Gasteiger partial charge in [-0.05, 0) is 84.8 Å². The number of sulfonamides is 1. The van der Waals surface area contributed by atoms with Gasteiger partial charge in [-0.25, -0.2) is 13.1 Å². The van der Waals surface area contributed by atoms with Crippen molar-refractivity contribution in [3.8, 4) is 5.69 Å². The molecule has 1 fully saturated rings. The molecule has 5 rings (SSSR count). The van der Waals surface area contributed by atoms with Crippen molar-refractivity contribution in [3.05, 3.63) is 81.7 Å². The van der Waals surface area contributed by atoms with E-state index in [1.807, 2.05) is 43.3 Å². The highest BCUT2D eigenvalue weighted by Crippen LogP contribution is 2.47. The number of aromatic nitrogens is 3. The van der Waals surface area contributed by atoms with Crippen LogP contribution in [0.3, 0.4) is 0 Å². The van der Waals surface area contributed by atoms with Crippen molar-refractivity contribution in [1.82, 2.24) is 14.8 Å². The first kappa shape index (κ1) is 23.5. The summed E-state index contributed by atoms with van der Waals surface area (Å²) >= 11 is 3.42. The van der Waals surface area contributed by atoms with Crippen molar-refractivity contribution in [2.45, 2.75) is 32.2 Å². The number of fused-ring (bicyclic) bond motifs is 1. The number of nitrogens with zero attached hydrogens (tertiary/aromatic N) is 4. The molecular weight excluding hydrogens is 530 g/mol. The first-order chi connectivity index (χ1) is 16.6. The number of halogens is 1. The van der Waals surface area contributed by atoms with E-state index in [4.69, 9.17) is 5.73 Å². The zero-order chi connectivity index (χ0) is 24.9. The second kappa shape index (κ2) is 8.76. The summed E-state index contributed by atoms with van der Waals surface area (Å²) in [6, 6.07) is 12.9. The Morgan fingerprint density at radius 2 is 1.91 bits per heavy atom. The Kier molecular flexibility index (Phi) is 5.88. The highest BCUT2D eigenvalue weighted by atomic mass is 79.9. The molecule has 2 aromatic heterocycles. The third-order valence-corrected chi connectivity index (χ3v) is 7.92. The fraction of sp³-hybridized carbons (Fsp3) is 0.240. The average molecular weight is 554 g/mol. The van der Waals surface area contributed by atoms with Crippen LogP contribution < -0.4 is 10.0 Å². The summed E-state index contributed by atoms with van der Waals surface area (Å²) in [4.78, 5) is 16.7. The van der Waals surface area contributed by atoms with Crippen LogP contribution in [-0.4, -0.2) is 35.3 Å². The molecule has 180 valence electrons. The van der Waals surface area contributed by atoms with Crippen LogP contribution in [-0.2, 0) is 16.6 Å². The SMILES string of the molecule is Cc1cnccc1CN(c1cc2nn(-c3ccc(Br)cc3)c(C(N)=O)c2cc1C1CC1)S(C)(=O)=O. The standard InChI is InChI=1S/C25H24BrN5O3S/c1-15-13-28-10-9-17(15)14-30(35(2,33)34)23-12-22-21(11-20(23)16-3-4-16)24(25(27)32)31(29-22)19-7-5-18(26)6-8-19/h5-13,16H,3-4,14H2,1-2H3,(H2,27,32). The largest absolute Gasteiger partial charge is 0.364 e. The Morgan fingerprint density at radius 3 is 2.51 bits per heavy atom. The molecule has 2 N–H and O–H groups in total. The monoisotopic (exact) mass is 553 g/mol. The van der Waals surface area contributed by atoms with E-state index in [9.17, 15) is 13.2 Å². The molecule has 0 bridgehead atoms. The van der Waals surface area contributed by atoms with Gasteiger partial charge in [0.25, 0.3) is 5.91 Å². The van der Waals surface area contributed by atoms with Crippen LogP contribution in [0.5, 0.6) is 0 Å². The Hall–Kier alpha value is -3.24. The average Bonchev–Trinajstić information content (AvgIpc) is 3.57. The van der Waals surface area contributed by atoms with Crippen molar-refractivity contribution in [2.75, 3.05) is 10.6 Å². The summed E-state index contributed by atoms with van der Waals surface area (Å²) in [5.74, 6) is -0.383. The van der Waals surface area contributed by atoms with Crippen LogP contribution in [0.15, 0.2) is 59.3 Å². The number of hydrogen-bond acceptors (Lipinski definition) is 5. The lowest BCUT2D eigenvalue weighted by molar-refractivity contribution is 0.0994.